The third-order valence-corrected chi connectivity index (χ3v) is 2.88. The SMILES string of the molecule is CN(CCCNC(=O)/C=C/c1cccs1)N=O. The van der Waals surface area contributed by atoms with Crippen molar-refractivity contribution in [3.63, 3.8) is 0 Å². The minimum absolute atomic E-state index is 0.125. The molecule has 92 valence electrons. The van der Waals surface area contributed by atoms with Gasteiger partial charge < -0.3 is 5.32 Å². The minimum Gasteiger partial charge on any atom is -0.352 e. The number of nitrogens with zero attached hydrogens (tertiary/aromatic N) is 2. The Bertz CT molecular complexity index is 376. The Morgan fingerprint density at radius 3 is 3.12 bits per heavy atom. The van der Waals surface area contributed by atoms with E-state index in [1.54, 1.807) is 24.5 Å². The summed E-state index contributed by atoms with van der Waals surface area (Å²) in [4.78, 5) is 22.5. The summed E-state index contributed by atoms with van der Waals surface area (Å²) >= 11 is 1.58. The second kappa shape index (κ2) is 7.56. The number of nitrogens with one attached hydrogen (secondary N) is 1. The van der Waals surface area contributed by atoms with Crippen molar-refractivity contribution in [2.45, 2.75) is 6.42 Å². The van der Waals surface area contributed by atoms with Crippen LogP contribution in [0, 0.1) is 4.91 Å². The summed E-state index contributed by atoms with van der Waals surface area (Å²) in [5, 5.41) is 8.72. The van der Waals surface area contributed by atoms with E-state index in [4.69, 9.17) is 0 Å². The van der Waals surface area contributed by atoms with Gasteiger partial charge in [-0.05, 0) is 23.9 Å². The zero-order chi connectivity index (χ0) is 12.5. The summed E-state index contributed by atoms with van der Waals surface area (Å²) in [5.74, 6) is -0.125. The standard InChI is InChI=1S/C11H15N3O2S/c1-14(13-16)8-3-7-12-11(15)6-5-10-4-2-9-17-10/h2,4-6,9H,3,7-8H2,1H3,(H,12,15)/b6-5+. The molecule has 0 aliphatic heterocycles. The summed E-state index contributed by atoms with van der Waals surface area (Å²) in [5.41, 5.74) is 0. The van der Waals surface area contributed by atoms with Gasteiger partial charge in [-0.2, -0.15) is 0 Å². The molecule has 1 rings (SSSR count). The van der Waals surface area contributed by atoms with Crippen LogP contribution in [0.2, 0.25) is 0 Å². The number of hydrogen-bond acceptors (Lipinski definition) is 4. The summed E-state index contributed by atoms with van der Waals surface area (Å²) in [6.07, 6.45) is 3.98. The molecule has 0 bridgehead atoms. The molecule has 0 saturated carbocycles. The fraction of sp³-hybridized carbons (Fsp3) is 0.364. The highest BCUT2D eigenvalue weighted by molar-refractivity contribution is 7.10. The van der Waals surface area contributed by atoms with Gasteiger partial charge in [0.1, 0.15) is 0 Å². The summed E-state index contributed by atoms with van der Waals surface area (Å²) in [6.45, 7) is 1.08. The largest absolute Gasteiger partial charge is 0.352 e. The fourth-order valence-corrected chi connectivity index (χ4v) is 1.78. The second-order valence-corrected chi connectivity index (χ2v) is 4.44. The van der Waals surface area contributed by atoms with E-state index in [-0.39, 0.29) is 5.91 Å². The number of carbonyl (C=O) groups is 1. The van der Waals surface area contributed by atoms with E-state index in [2.05, 4.69) is 10.6 Å². The Hall–Kier alpha value is -1.69. The third kappa shape index (κ3) is 5.82. The lowest BCUT2D eigenvalue weighted by molar-refractivity contribution is -0.116. The number of rotatable bonds is 7. The van der Waals surface area contributed by atoms with Crippen molar-refractivity contribution in [2.75, 3.05) is 20.1 Å². The monoisotopic (exact) mass is 253 g/mol. The van der Waals surface area contributed by atoms with E-state index in [0.29, 0.717) is 19.5 Å². The van der Waals surface area contributed by atoms with Crippen LogP contribution in [0.15, 0.2) is 28.9 Å². The molecule has 1 amide bonds. The van der Waals surface area contributed by atoms with Crippen LogP contribution in [0.5, 0.6) is 0 Å². The van der Waals surface area contributed by atoms with Crippen LogP contribution < -0.4 is 5.32 Å². The van der Waals surface area contributed by atoms with Crippen molar-refractivity contribution in [3.05, 3.63) is 33.4 Å². The highest BCUT2D eigenvalue weighted by Gasteiger charge is 1.97. The Balaban J connectivity index is 2.15. The van der Waals surface area contributed by atoms with Crippen molar-refractivity contribution in [1.82, 2.24) is 10.3 Å². The maximum atomic E-state index is 11.4. The first-order chi connectivity index (χ1) is 8.22. The van der Waals surface area contributed by atoms with Crippen LogP contribution in [0.25, 0.3) is 6.08 Å². The molecule has 0 aliphatic rings. The molecular weight excluding hydrogens is 238 g/mol. The molecule has 6 heteroatoms. The molecule has 0 unspecified atom stereocenters. The highest BCUT2D eigenvalue weighted by atomic mass is 32.1. The number of carbonyl (C=O) groups excluding carboxylic acids is 1. The van der Waals surface area contributed by atoms with Gasteiger partial charge in [-0.1, -0.05) is 6.07 Å². The van der Waals surface area contributed by atoms with Crippen LogP contribution in [0.3, 0.4) is 0 Å². The molecule has 0 atom stereocenters. The van der Waals surface area contributed by atoms with Crippen LogP contribution in [-0.4, -0.2) is 31.1 Å². The van der Waals surface area contributed by atoms with Gasteiger partial charge in [0, 0.05) is 31.1 Å². The number of hydrogen-bond donors (Lipinski definition) is 1. The van der Waals surface area contributed by atoms with Gasteiger partial charge in [-0.25, -0.2) is 0 Å². The fourth-order valence-electron chi connectivity index (χ4n) is 1.16. The summed E-state index contributed by atoms with van der Waals surface area (Å²) in [6, 6.07) is 3.88. The zero-order valence-corrected chi connectivity index (χ0v) is 10.4. The van der Waals surface area contributed by atoms with Gasteiger partial charge in [0.15, 0.2) is 0 Å². The van der Waals surface area contributed by atoms with Crippen molar-refractivity contribution >= 4 is 23.3 Å². The van der Waals surface area contributed by atoms with Crippen molar-refractivity contribution in [3.8, 4) is 0 Å². The molecule has 17 heavy (non-hydrogen) atoms. The predicted octanol–water partition coefficient (Wildman–Crippen LogP) is 1.88. The molecule has 0 saturated heterocycles. The lowest BCUT2D eigenvalue weighted by Crippen LogP contribution is -2.25. The average Bonchev–Trinajstić information content (AvgIpc) is 2.84. The van der Waals surface area contributed by atoms with Crippen molar-refractivity contribution < 1.29 is 4.79 Å². The first-order valence-electron chi connectivity index (χ1n) is 5.26. The van der Waals surface area contributed by atoms with Gasteiger partial charge >= 0.3 is 0 Å². The lowest BCUT2D eigenvalue weighted by atomic mass is 10.3. The normalized spacial score (nSPS) is 10.4. The van der Waals surface area contributed by atoms with E-state index >= 15 is 0 Å². The summed E-state index contributed by atoms with van der Waals surface area (Å²) in [7, 11) is 1.60. The Labute approximate surface area is 104 Å². The number of thiophene rings is 1. The Kier molecular flexibility index (Phi) is 5.95. The van der Waals surface area contributed by atoms with E-state index in [9.17, 15) is 9.70 Å². The van der Waals surface area contributed by atoms with E-state index in [0.717, 1.165) is 4.88 Å². The predicted molar refractivity (Wildman–Crippen MR) is 69.4 cm³/mol. The summed E-state index contributed by atoms with van der Waals surface area (Å²) < 4.78 is 0. The zero-order valence-electron chi connectivity index (χ0n) is 9.63. The molecule has 0 radical (unpaired) electrons. The number of nitroso groups, excluding NO2 is 1. The smallest absolute Gasteiger partial charge is 0.244 e. The lowest BCUT2D eigenvalue weighted by Gasteiger charge is -2.07. The van der Waals surface area contributed by atoms with Crippen LogP contribution in [0.1, 0.15) is 11.3 Å². The minimum atomic E-state index is -0.125. The molecule has 0 spiro atoms. The maximum Gasteiger partial charge on any atom is 0.244 e. The molecule has 1 aromatic rings. The molecular formula is C11H15N3O2S. The van der Waals surface area contributed by atoms with Gasteiger partial charge in [0.05, 0.1) is 5.29 Å². The van der Waals surface area contributed by atoms with Gasteiger partial charge in [-0.15, -0.1) is 16.2 Å². The van der Waals surface area contributed by atoms with Crippen molar-refractivity contribution in [1.29, 1.82) is 0 Å². The first-order valence-corrected chi connectivity index (χ1v) is 6.14. The van der Waals surface area contributed by atoms with Crippen LogP contribution in [0.4, 0.5) is 0 Å². The van der Waals surface area contributed by atoms with E-state index < -0.39 is 0 Å². The van der Waals surface area contributed by atoms with Crippen LogP contribution >= 0.6 is 11.3 Å². The van der Waals surface area contributed by atoms with Gasteiger partial charge in [-0.3, -0.25) is 9.80 Å². The average molecular weight is 253 g/mol. The molecule has 1 aromatic heterocycles. The Morgan fingerprint density at radius 1 is 1.65 bits per heavy atom. The second-order valence-electron chi connectivity index (χ2n) is 3.46. The maximum absolute atomic E-state index is 11.4. The van der Waals surface area contributed by atoms with E-state index in [1.807, 2.05) is 17.5 Å². The van der Waals surface area contributed by atoms with Gasteiger partial charge in [0.2, 0.25) is 5.91 Å². The molecule has 0 fully saturated rings. The van der Waals surface area contributed by atoms with Gasteiger partial charge in [0.25, 0.3) is 0 Å². The van der Waals surface area contributed by atoms with E-state index in [1.165, 1.54) is 11.1 Å². The topological polar surface area (TPSA) is 61.8 Å². The third-order valence-electron chi connectivity index (χ3n) is 2.04. The highest BCUT2D eigenvalue weighted by Crippen LogP contribution is 2.09. The Morgan fingerprint density at radius 2 is 2.47 bits per heavy atom. The molecule has 1 N–H and O–H groups in total. The quantitative estimate of drug-likeness (QED) is 0.349. The molecule has 1 heterocycles. The van der Waals surface area contributed by atoms with Crippen molar-refractivity contribution in [2.24, 2.45) is 5.29 Å². The molecule has 0 aliphatic carbocycles. The van der Waals surface area contributed by atoms with Crippen LogP contribution in [-0.2, 0) is 4.79 Å². The number of amides is 1. The first kappa shape index (κ1) is 13.4. The molecule has 5 nitrogen and oxygen atoms in total. The molecule has 0 aromatic carbocycles.